The lowest BCUT2D eigenvalue weighted by molar-refractivity contribution is -0.153. The highest BCUT2D eigenvalue weighted by Crippen LogP contribution is 2.54. The lowest BCUT2D eigenvalue weighted by atomic mass is 9.57. The van der Waals surface area contributed by atoms with Crippen molar-refractivity contribution in [2.75, 3.05) is 38.5 Å². The number of fused-ring (bicyclic) bond motifs is 3. The topological polar surface area (TPSA) is 219 Å². The molecule has 0 saturated heterocycles. The van der Waals surface area contributed by atoms with Gasteiger partial charge in [0.05, 0.1) is 23.6 Å². The highest BCUT2D eigenvalue weighted by molar-refractivity contribution is 6.24. The van der Waals surface area contributed by atoms with Crippen LogP contribution in [0, 0.1) is 11.8 Å². The number of likely N-dealkylation sites (N-methyl/N-ethyl adjacent to an activating group) is 1. The fourth-order valence-electron chi connectivity index (χ4n) is 6.38. The van der Waals surface area contributed by atoms with E-state index in [0.29, 0.717) is 11.3 Å². The normalized spacial score (nSPS) is 25.1. The number of furan rings is 1. The molecule has 2 unspecified atom stereocenters. The number of carbonyl (C=O) groups is 4. The summed E-state index contributed by atoms with van der Waals surface area (Å²) in [5, 5.41) is 45.5. The molecule has 5 rings (SSSR count). The van der Waals surface area contributed by atoms with Gasteiger partial charge in [-0.2, -0.15) is 0 Å². The number of rotatable bonds is 6. The van der Waals surface area contributed by atoms with Gasteiger partial charge in [0, 0.05) is 31.3 Å². The van der Waals surface area contributed by atoms with Gasteiger partial charge in [-0.25, -0.2) is 0 Å². The number of phenols is 1. The van der Waals surface area contributed by atoms with Gasteiger partial charge < -0.3 is 35.5 Å². The average Bonchev–Trinajstić information content (AvgIpc) is 3.45. The monoisotopic (exact) mass is 581 g/mol. The first-order chi connectivity index (χ1) is 19.7. The highest BCUT2D eigenvalue weighted by Gasteiger charge is 2.64. The molecule has 3 aliphatic carbocycles. The van der Waals surface area contributed by atoms with Crippen molar-refractivity contribution >= 4 is 40.5 Å². The van der Waals surface area contributed by atoms with Gasteiger partial charge in [0.1, 0.15) is 17.1 Å². The molecule has 8 N–H and O–H groups in total. The van der Waals surface area contributed by atoms with E-state index in [1.54, 1.807) is 25.1 Å². The third-order valence-corrected chi connectivity index (χ3v) is 8.23. The maximum atomic E-state index is 14.0. The molecule has 2 amide bonds. The number of nitrogens with one attached hydrogen (secondary N) is 2. The second kappa shape index (κ2) is 9.92. The van der Waals surface area contributed by atoms with E-state index < -0.39 is 69.7 Å². The fraction of sp³-hybridized carbons (Fsp3) is 0.357. The Morgan fingerprint density at radius 3 is 2.40 bits per heavy atom. The number of aliphatic hydroxyl groups is 3. The van der Waals surface area contributed by atoms with E-state index in [1.165, 1.54) is 37.4 Å². The quantitative estimate of drug-likeness (QED) is 0.140. The molecule has 2 aromatic rings. The van der Waals surface area contributed by atoms with Crippen molar-refractivity contribution in [1.82, 2.24) is 10.3 Å². The number of nitrogens with two attached hydrogens (primary N) is 1. The van der Waals surface area contributed by atoms with Crippen LogP contribution >= 0.6 is 0 Å². The molecule has 0 aliphatic heterocycles. The van der Waals surface area contributed by atoms with Gasteiger partial charge in [-0.1, -0.05) is 0 Å². The van der Waals surface area contributed by atoms with E-state index in [1.807, 2.05) is 0 Å². The summed E-state index contributed by atoms with van der Waals surface area (Å²) < 4.78 is 5.06. The minimum atomic E-state index is -2.74. The molecule has 0 bridgehead atoms. The van der Waals surface area contributed by atoms with Crippen molar-refractivity contribution in [3.05, 3.63) is 58.3 Å². The fourth-order valence-corrected chi connectivity index (χ4v) is 6.38. The molecule has 1 aromatic carbocycles. The van der Waals surface area contributed by atoms with Crippen LogP contribution in [0.2, 0.25) is 0 Å². The maximum absolute atomic E-state index is 14.0. The zero-order valence-electron chi connectivity index (χ0n) is 23.3. The second-order valence-corrected chi connectivity index (χ2v) is 11.1. The van der Waals surface area contributed by atoms with E-state index in [2.05, 4.69) is 10.9 Å². The lowest BCUT2D eigenvalue weighted by Gasteiger charge is -2.50. The third kappa shape index (κ3) is 4.01. The Morgan fingerprint density at radius 1 is 1.14 bits per heavy atom. The number of primary amides is 1. The molecule has 1 aromatic heterocycles. The minimum Gasteiger partial charge on any atom is -0.508 e. The summed E-state index contributed by atoms with van der Waals surface area (Å²) >= 11 is 0. The van der Waals surface area contributed by atoms with Crippen molar-refractivity contribution in [3.63, 3.8) is 0 Å². The predicted molar refractivity (Wildman–Crippen MR) is 148 cm³/mol. The Morgan fingerprint density at radius 2 is 1.83 bits per heavy atom. The summed E-state index contributed by atoms with van der Waals surface area (Å²) in [6, 6.07) is 3.34. The van der Waals surface area contributed by atoms with Crippen LogP contribution in [0.5, 0.6) is 5.75 Å². The summed E-state index contributed by atoms with van der Waals surface area (Å²) in [4.78, 5) is 55.0. The van der Waals surface area contributed by atoms with Crippen LogP contribution in [0.1, 0.15) is 28.1 Å². The van der Waals surface area contributed by atoms with Crippen LogP contribution in [-0.2, 0) is 20.8 Å². The molecule has 1 saturated carbocycles. The van der Waals surface area contributed by atoms with Crippen LogP contribution in [0.4, 0.5) is 11.4 Å². The molecule has 3 aliphatic rings. The molecule has 14 nitrogen and oxygen atoms in total. The number of hydrogen-bond donors (Lipinski definition) is 7. The van der Waals surface area contributed by atoms with Gasteiger partial charge in [-0.05, 0) is 56.6 Å². The van der Waals surface area contributed by atoms with Gasteiger partial charge >= 0.3 is 5.91 Å². The molecule has 42 heavy (non-hydrogen) atoms. The number of ketones is 2. The summed E-state index contributed by atoms with van der Waals surface area (Å²) in [5.41, 5.74) is 7.35. The Balaban J connectivity index is 1.65. The van der Waals surface area contributed by atoms with Crippen LogP contribution in [0.3, 0.4) is 0 Å². The summed E-state index contributed by atoms with van der Waals surface area (Å²) in [7, 11) is 6.54. The summed E-state index contributed by atoms with van der Waals surface area (Å²) in [5.74, 6) is -8.08. The van der Waals surface area contributed by atoms with Gasteiger partial charge in [0.15, 0.2) is 22.9 Å². The molecule has 0 spiro atoms. The van der Waals surface area contributed by atoms with Crippen molar-refractivity contribution in [2.45, 2.75) is 24.5 Å². The maximum Gasteiger partial charge on any atom is 0.305 e. The number of phenolic OH excluding ortho intramolecular Hbond substituents is 1. The van der Waals surface area contributed by atoms with Crippen molar-refractivity contribution in [2.24, 2.45) is 17.6 Å². The molecule has 0 radical (unpaired) electrons. The van der Waals surface area contributed by atoms with E-state index in [-0.39, 0.29) is 35.4 Å². The Hall–Kier alpha value is -4.82. The number of Topliss-reactive ketones (excluding diaryl/α,β-unsaturated/α-hetero) is 2. The average molecular weight is 582 g/mol. The van der Waals surface area contributed by atoms with Gasteiger partial charge in [-0.3, -0.25) is 34.9 Å². The summed E-state index contributed by atoms with van der Waals surface area (Å²) in [6.07, 6.45) is 1.41. The smallest absolute Gasteiger partial charge is 0.305 e. The van der Waals surface area contributed by atoms with Crippen molar-refractivity contribution in [1.29, 1.82) is 0 Å². The molecular formula is C28H31N5O9. The zero-order valence-corrected chi connectivity index (χ0v) is 23.3. The van der Waals surface area contributed by atoms with Gasteiger partial charge in [0.2, 0.25) is 5.78 Å². The van der Waals surface area contributed by atoms with Crippen LogP contribution < -0.4 is 21.5 Å². The first kappa shape index (κ1) is 28.7. The first-order valence-electron chi connectivity index (χ1n) is 13.0. The van der Waals surface area contributed by atoms with Crippen molar-refractivity contribution < 1.29 is 44.0 Å². The van der Waals surface area contributed by atoms with Crippen LogP contribution in [0.15, 0.2) is 45.8 Å². The first-order valence-corrected chi connectivity index (χ1v) is 13.0. The standard InChI is InChI=1S/C28H31N5O9/c1-32(2)15-10-14(30-31-27(40)16-6-5-7-42-16)21(34)18-12(15)8-11-9-13-20(33(3)4)23(36)19(26(29)39)25(38)28(13,41)24(37)17(11)22(18)35/h5-7,10-11,13,20,30,34-35,38,41H,8-9H2,1-4H3,(H2,29,39)(H,31,40)/t11?,13?,20-,28-/m0/s1. The number of hydrogen-bond acceptors (Lipinski definition) is 12. The van der Waals surface area contributed by atoms with E-state index in [0.717, 1.165) is 0 Å². The molecular weight excluding hydrogens is 550 g/mol. The van der Waals surface area contributed by atoms with E-state index in [9.17, 15) is 39.6 Å². The Labute approximate surface area is 239 Å². The number of nitrogens with zero attached hydrogens (tertiary/aromatic N) is 2. The highest BCUT2D eigenvalue weighted by atomic mass is 16.4. The van der Waals surface area contributed by atoms with Gasteiger partial charge in [-0.15, -0.1) is 0 Å². The largest absolute Gasteiger partial charge is 0.508 e. The number of aromatic hydroxyl groups is 1. The van der Waals surface area contributed by atoms with Gasteiger partial charge in [0.25, 0.3) is 5.91 Å². The number of aliphatic hydroxyl groups excluding tert-OH is 2. The Bertz CT molecular complexity index is 1590. The molecule has 1 fully saturated rings. The van der Waals surface area contributed by atoms with Crippen LogP contribution in [0.25, 0.3) is 5.76 Å². The molecule has 222 valence electrons. The molecule has 4 atom stereocenters. The zero-order chi connectivity index (χ0) is 30.8. The summed E-state index contributed by atoms with van der Waals surface area (Å²) in [6.45, 7) is 0. The number of carbonyl (C=O) groups excluding carboxylic acids is 4. The SMILES string of the molecule is CN(C)c1cc(NNC(=O)c2ccco2)c(O)c2c1CC1CC3[C@H](N(C)C)C(=O)C(C(N)=O)=C(O)[C@@]3(O)C(=O)C1=C2O. The van der Waals surface area contributed by atoms with E-state index in [4.69, 9.17) is 10.2 Å². The Kier molecular flexibility index (Phi) is 6.78. The third-order valence-electron chi connectivity index (χ3n) is 8.23. The number of hydrazine groups is 1. The number of benzene rings is 1. The predicted octanol–water partition coefficient (Wildman–Crippen LogP) is 0.380. The number of anilines is 2. The molecule has 1 heterocycles. The number of amides is 2. The minimum absolute atomic E-state index is 0.00127. The second-order valence-electron chi connectivity index (χ2n) is 11.1. The van der Waals surface area contributed by atoms with E-state index >= 15 is 0 Å². The molecule has 14 heteroatoms. The van der Waals surface area contributed by atoms with Crippen LogP contribution in [-0.4, -0.2) is 88.5 Å². The van der Waals surface area contributed by atoms with Crippen molar-refractivity contribution in [3.8, 4) is 5.75 Å². The lowest BCUT2D eigenvalue weighted by Crippen LogP contribution is -2.65.